The number of hydrogen-bond acceptors (Lipinski definition) is 4. The molecule has 0 aliphatic rings. The molecule has 0 aliphatic carbocycles. The fourth-order valence-electron chi connectivity index (χ4n) is 1.19. The average molecular weight is 248 g/mol. The molecular weight excluding hydrogens is 242 g/mol. The zero-order chi connectivity index (χ0) is 12.3. The zero-order valence-electron chi connectivity index (χ0n) is 8.44. The number of nitrogens with one attached hydrogen (secondary N) is 2. The van der Waals surface area contributed by atoms with Gasteiger partial charge < -0.3 is 5.32 Å². The molecule has 1 amide bonds. The molecule has 84 valence electrons. The van der Waals surface area contributed by atoms with Crippen LogP contribution in [0, 0.1) is 11.3 Å². The molecule has 17 heavy (non-hydrogen) atoms. The van der Waals surface area contributed by atoms with E-state index in [9.17, 15) is 4.79 Å². The van der Waals surface area contributed by atoms with Gasteiger partial charge in [0.15, 0.2) is 0 Å². The molecule has 0 bridgehead atoms. The van der Waals surface area contributed by atoms with Crippen LogP contribution in [0.15, 0.2) is 24.5 Å². The second-order valence-corrected chi connectivity index (χ2v) is 3.50. The summed E-state index contributed by atoms with van der Waals surface area (Å²) in [6.07, 6.45) is 1.22. The Morgan fingerprint density at radius 3 is 3.00 bits per heavy atom. The van der Waals surface area contributed by atoms with Gasteiger partial charge in [-0.15, -0.1) is 0 Å². The van der Waals surface area contributed by atoms with Crippen molar-refractivity contribution < 1.29 is 4.79 Å². The van der Waals surface area contributed by atoms with Crippen molar-refractivity contribution >= 4 is 23.2 Å². The molecule has 2 N–H and O–H groups in total. The van der Waals surface area contributed by atoms with E-state index in [-0.39, 0.29) is 5.82 Å². The molecule has 2 rings (SSSR count). The normalized spacial score (nSPS) is 9.65. The third kappa shape index (κ3) is 2.41. The first-order valence-corrected chi connectivity index (χ1v) is 4.95. The molecule has 0 radical (unpaired) electrons. The lowest BCUT2D eigenvalue weighted by Gasteiger charge is -2.05. The van der Waals surface area contributed by atoms with Crippen LogP contribution in [-0.2, 0) is 0 Å². The van der Waals surface area contributed by atoms with Crippen LogP contribution < -0.4 is 5.32 Å². The summed E-state index contributed by atoms with van der Waals surface area (Å²) in [5.74, 6) is -0.400. The van der Waals surface area contributed by atoms with Gasteiger partial charge in [-0.3, -0.25) is 9.89 Å². The van der Waals surface area contributed by atoms with E-state index in [1.165, 1.54) is 18.5 Å². The summed E-state index contributed by atoms with van der Waals surface area (Å²) in [7, 11) is 0. The maximum atomic E-state index is 11.6. The van der Waals surface area contributed by atoms with Crippen LogP contribution in [0.1, 0.15) is 16.2 Å². The highest BCUT2D eigenvalue weighted by Gasteiger charge is 2.11. The minimum absolute atomic E-state index is 0.0726. The number of nitriles is 1. The minimum atomic E-state index is -0.473. The molecule has 1 heterocycles. The number of anilines is 1. The van der Waals surface area contributed by atoms with Crippen molar-refractivity contribution in [3.8, 4) is 6.07 Å². The Bertz CT molecular complexity index is 587. The highest BCUT2D eigenvalue weighted by atomic mass is 35.5. The van der Waals surface area contributed by atoms with E-state index in [2.05, 4.69) is 20.5 Å². The second kappa shape index (κ2) is 4.63. The maximum absolute atomic E-state index is 11.6. The number of carbonyl (C=O) groups is 1. The molecule has 6 nitrogen and oxygen atoms in total. The van der Waals surface area contributed by atoms with Gasteiger partial charge in [-0.1, -0.05) is 11.6 Å². The summed E-state index contributed by atoms with van der Waals surface area (Å²) in [6, 6.07) is 6.54. The Balaban J connectivity index is 2.25. The molecule has 0 saturated carbocycles. The molecular formula is C10H6ClN5O. The minimum Gasteiger partial charge on any atom is -0.318 e. The number of benzene rings is 1. The second-order valence-electron chi connectivity index (χ2n) is 3.09. The van der Waals surface area contributed by atoms with Crippen LogP contribution >= 0.6 is 11.6 Å². The molecule has 1 aromatic carbocycles. The molecule has 0 fully saturated rings. The number of halogens is 1. The number of H-pyrrole nitrogens is 1. The lowest BCUT2D eigenvalue weighted by molar-refractivity contribution is 0.101. The zero-order valence-corrected chi connectivity index (χ0v) is 9.19. The Morgan fingerprint density at radius 1 is 1.53 bits per heavy atom. The smallest absolute Gasteiger partial charge is 0.293 e. The standard InChI is InChI=1S/C10H6ClN5O/c11-7-2-1-6(4-12)3-8(7)15-10(17)9-13-5-14-16-9/h1-3,5H,(H,15,17)(H,13,14,16). The maximum Gasteiger partial charge on any atom is 0.293 e. The summed E-state index contributed by atoms with van der Waals surface area (Å²) < 4.78 is 0. The van der Waals surface area contributed by atoms with Gasteiger partial charge in [0.1, 0.15) is 6.33 Å². The predicted molar refractivity (Wildman–Crippen MR) is 60.5 cm³/mol. The SMILES string of the molecule is N#Cc1ccc(Cl)c(NC(=O)c2ncn[nH]2)c1. The third-order valence-corrected chi connectivity index (χ3v) is 2.30. The van der Waals surface area contributed by atoms with Crippen molar-refractivity contribution in [2.75, 3.05) is 5.32 Å². The van der Waals surface area contributed by atoms with Gasteiger partial charge in [0.2, 0.25) is 5.82 Å². The molecule has 0 spiro atoms. The van der Waals surface area contributed by atoms with E-state index in [0.717, 1.165) is 0 Å². The van der Waals surface area contributed by atoms with Gasteiger partial charge in [0, 0.05) is 0 Å². The lowest BCUT2D eigenvalue weighted by Crippen LogP contribution is -2.14. The first-order chi connectivity index (χ1) is 8.20. The number of amides is 1. The third-order valence-electron chi connectivity index (χ3n) is 1.97. The first-order valence-electron chi connectivity index (χ1n) is 4.57. The van der Waals surface area contributed by atoms with Gasteiger partial charge in [-0.05, 0) is 18.2 Å². The van der Waals surface area contributed by atoms with Crippen LogP contribution in [0.5, 0.6) is 0 Å². The monoisotopic (exact) mass is 247 g/mol. The largest absolute Gasteiger partial charge is 0.318 e. The van der Waals surface area contributed by atoms with Crippen molar-refractivity contribution in [3.63, 3.8) is 0 Å². The fraction of sp³-hybridized carbons (Fsp3) is 0. The van der Waals surface area contributed by atoms with Crippen molar-refractivity contribution in [1.82, 2.24) is 15.2 Å². The molecule has 0 saturated heterocycles. The summed E-state index contributed by atoms with van der Waals surface area (Å²) >= 11 is 5.89. The van der Waals surface area contributed by atoms with Gasteiger partial charge in [0.05, 0.1) is 22.3 Å². The van der Waals surface area contributed by atoms with E-state index in [1.807, 2.05) is 6.07 Å². The molecule has 7 heteroatoms. The highest BCUT2D eigenvalue weighted by molar-refractivity contribution is 6.33. The van der Waals surface area contributed by atoms with Crippen molar-refractivity contribution in [2.24, 2.45) is 0 Å². The van der Waals surface area contributed by atoms with E-state index < -0.39 is 5.91 Å². The summed E-state index contributed by atoms with van der Waals surface area (Å²) in [5, 5.41) is 17.6. The topological polar surface area (TPSA) is 94.5 Å². The summed E-state index contributed by atoms with van der Waals surface area (Å²) in [4.78, 5) is 15.3. The summed E-state index contributed by atoms with van der Waals surface area (Å²) in [5.41, 5.74) is 0.759. The van der Waals surface area contributed by atoms with Crippen molar-refractivity contribution in [3.05, 3.63) is 40.9 Å². The Kier molecular flexibility index (Phi) is 3.03. The summed E-state index contributed by atoms with van der Waals surface area (Å²) in [6.45, 7) is 0. The van der Waals surface area contributed by atoms with E-state index >= 15 is 0 Å². The Morgan fingerprint density at radius 2 is 2.35 bits per heavy atom. The fourth-order valence-corrected chi connectivity index (χ4v) is 1.35. The van der Waals surface area contributed by atoms with Gasteiger partial charge in [0.25, 0.3) is 5.91 Å². The van der Waals surface area contributed by atoms with Gasteiger partial charge >= 0.3 is 0 Å². The van der Waals surface area contributed by atoms with Gasteiger partial charge in [-0.25, -0.2) is 4.98 Å². The molecule has 0 unspecified atom stereocenters. The van der Waals surface area contributed by atoms with Crippen LogP contribution in [0.4, 0.5) is 5.69 Å². The average Bonchev–Trinajstić information content (AvgIpc) is 2.85. The number of aromatic amines is 1. The first kappa shape index (κ1) is 11.1. The number of aromatic nitrogens is 3. The van der Waals surface area contributed by atoms with Crippen LogP contribution in [0.2, 0.25) is 5.02 Å². The van der Waals surface area contributed by atoms with Crippen LogP contribution in [0.25, 0.3) is 0 Å². The van der Waals surface area contributed by atoms with E-state index in [1.54, 1.807) is 6.07 Å². The molecule has 0 aliphatic heterocycles. The quantitative estimate of drug-likeness (QED) is 0.842. The van der Waals surface area contributed by atoms with E-state index in [0.29, 0.717) is 16.3 Å². The van der Waals surface area contributed by atoms with Gasteiger partial charge in [-0.2, -0.15) is 10.4 Å². The Hall–Kier alpha value is -2.39. The Labute approximate surface area is 101 Å². The molecule has 0 atom stereocenters. The molecule has 2 aromatic rings. The highest BCUT2D eigenvalue weighted by Crippen LogP contribution is 2.22. The number of nitrogens with zero attached hydrogens (tertiary/aromatic N) is 3. The predicted octanol–water partition coefficient (Wildman–Crippen LogP) is 1.58. The van der Waals surface area contributed by atoms with Crippen molar-refractivity contribution in [2.45, 2.75) is 0 Å². The van der Waals surface area contributed by atoms with E-state index in [4.69, 9.17) is 16.9 Å². The van der Waals surface area contributed by atoms with Crippen LogP contribution in [0.3, 0.4) is 0 Å². The number of rotatable bonds is 2. The number of hydrogen-bond donors (Lipinski definition) is 2. The lowest BCUT2D eigenvalue weighted by atomic mass is 10.2. The van der Waals surface area contributed by atoms with Crippen LogP contribution in [-0.4, -0.2) is 21.1 Å². The van der Waals surface area contributed by atoms with Crippen molar-refractivity contribution in [1.29, 1.82) is 5.26 Å². The number of carbonyl (C=O) groups excluding carboxylic acids is 1. The molecule has 1 aromatic heterocycles.